The summed E-state index contributed by atoms with van der Waals surface area (Å²) in [7, 11) is 0. The molecular formula is C17H19F6N3O. The fourth-order valence-electron chi connectivity index (χ4n) is 2.56. The summed E-state index contributed by atoms with van der Waals surface area (Å²) in [5, 5.41) is 8.83. The number of amides is 1. The van der Waals surface area contributed by atoms with Crippen molar-refractivity contribution in [2.24, 2.45) is 11.7 Å². The van der Waals surface area contributed by atoms with Crippen LogP contribution in [0.5, 0.6) is 0 Å². The second-order valence-corrected chi connectivity index (χ2v) is 6.25. The van der Waals surface area contributed by atoms with Crippen molar-refractivity contribution < 1.29 is 31.1 Å². The van der Waals surface area contributed by atoms with Gasteiger partial charge in [-0.1, -0.05) is 20.3 Å². The molecule has 150 valence electrons. The lowest BCUT2D eigenvalue weighted by Crippen LogP contribution is -2.49. The number of hydrogen-bond acceptors (Lipinski definition) is 3. The van der Waals surface area contributed by atoms with Crippen LogP contribution in [-0.2, 0) is 11.0 Å². The standard InChI is InChI=1S/C17H19F6N3O/c1-3-10(2)6-14(15(25)27)26(9-16(18,19)20)12-5-4-11(8-24)13(7-12)17(21,22)23/h4-5,7,10,14H,3,6,9H2,1-2H3,(H2,25,27). The molecule has 0 bridgehead atoms. The lowest BCUT2D eigenvalue weighted by Gasteiger charge is -2.34. The highest BCUT2D eigenvalue weighted by molar-refractivity contribution is 5.84. The molecule has 2 atom stereocenters. The molecule has 27 heavy (non-hydrogen) atoms. The Balaban J connectivity index is 3.51. The van der Waals surface area contributed by atoms with Crippen LogP contribution in [0.1, 0.15) is 37.8 Å². The van der Waals surface area contributed by atoms with Crippen LogP contribution in [-0.4, -0.2) is 24.7 Å². The summed E-state index contributed by atoms with van der Waals surface area (Å²) in [5.74, 6) is -1.25. The molecule has 2 unspecified atom stereocenters. The third-order valence-corrected chi connectivity index (χ3v) is 4.14. The van der Waals surface area contributed by atoms with Gasteiger partial charge >= 0.3 is 12.4 Å². The molecule has 0 fully saturated rings. The van der Waals surface area contributed by atoms with Crippen molar-refractivity contribution in [1.29, 1.82) is 5.26 Å². The number of anilines is 1. The normalized spacial score (nSPS) is 14.3. The molecule has 4 nitrogen and oxygen atoms in total. The summed E-state index contributed by atoms with van der Waals surface area (Å²) in [4.78, 5) is 12.3. The van der Waals surface area contributed by atoms with Gasteiger partial charge in [0.15, 0.2) is 0 Å². The number of alkyl halides is 6. The maximum absolute atomic E-state index is 13.2. The molecule has 0 heterocycles. The zero-order valence-electron chi connectivity index (χ0n) is 14.7. The van der Waals surface area contributed by atoms with Gasteiger partial charge in [0.1, 0.15) is 12.6 Å². The first-order chi connectivity index (χ1) is 12.3. The minimum absolute atomic E-state index is 0.0523. The number of halogens is 6. The zero-order chi connectivity index (χ0) is 21.0. The van der Waals surface area contributed by atoms with Crippen LogP contribution in [0.3, 0.4) is 0 Å². The highest BCUT2D eigenvalue weighted by atomic mass is 19.4. The first-order valence-electron chi connectivity index (χ1n) is 8.04. The minimum atomic E-state index is -4.94. The molecule has 0 saturated heterocycles. The molecule has 0 aliphatic heterocycles. The van der Waals surface area contributed by atoms with Crippen LogP contribution in [0, 0.1) is 17.2 Å². The number of carbonyl (C=O) groups is 1. The maximum Gasteiger partial charge on any atom is 0.417 e. The summed E-state index contributed by atoms with van der Waals surface area (Å²) in [5.41, 5.74) is 2.67. The molecule has 0 spiro atoms. The van der Waals surface area contributed by atoms with E-state index in [2.05, 4.69) is 0 Å². The topological polar surface area (TPSA) is 70.1 Å². The number of hydrogen-bond donors (Lipinski definition) is 1. The predicted molar refractivity (Wildman–Crippen MR) is 86.6 cm³/mol. The lowest BCUT2D eigenvalue weighted by molar-refractivity contribution is -0.137. The largest absolute Gasteiger partial charge is 0.417 e. The summed E-state index contributed by atoms with van der Waals surface area (Å²) in [6, 6.07) is 2.08. The van der Waals surface area contributed by atoms with Crippen molar-refractivity contribution in [3.05, 3.63) is 29.3 Å². The van der Waals surface area contributed by atoms with E-state index in [1.54, 1.807) is 13.8 Å². The first-order valence-corrected chi connectivity index (χ1v) is 8.04. The number of primary amides is 1. The average Bonchev–Trinajstić information content (AvgIpc) is 2.55. The van der Waals surface area contributed by atoms with Gasteiger partial charge in [0.2, 0.25) is 5.91 Å². The minimum Gasteiger partial charge on any atom is -0.368 e. The van der Waals surface area contributed by atoms with Gasteiger partial charge in [0.05, 0.1) is 17.2 Å². The number of nitriles is 1. The van der Waals surface area contributed by atoms with Gasteiger partial charge in [-0.2, -0.15) is 31.6 Å². The van der Waals surface area contributed by atoms with Gasteiger partial charge in [0.25, 0.3) is 0 Å². The zero-order valence-corrected chi connectivity index (χ0v) is 14.7. The summed E-state index contributed by atoms with van der Waals surface area (Å²) in [6.07, 6.45) is -9.23. The fraction of sp³-hybridized carbons (Fsp3) is 0.529. The Morgan fingerprint density at radius 3 is 2.26 bits per heavy atom. The van der Waals surface area contributed by atoms with Crippen LogP contribution in [0.15, 0.2) is 18.2 Å². The Kier molecular flexibility index (Phi) is 7.11. The molecule has 10 heteroatoms. The van der Waals surface area contributed by atoms with Gasteiger partial charge in [-0.15, -0.1) is 0 Å². The van der Waals surface area contributed by atoms with Crippen LogP contribution in [0.25, 0.3) is 0 Å². The second kappa shape index (κ2) is 8.50. The monoisotopic (exact) mass is 395 g/mol. The third-order valence-electron chi connectivity index (χ3n) is 4.14. The molecule has 0 aliphatic rings. The number of carbonyl (C=O) groups excluding carboxylic acids is 1. The second-order valence-electron chi connectivity index (χ2n) is 6.25. The van der Waals surface area contributed by atoms with Gasteiger partial charge < -0.3 is 10.6 Å². The van der Waals surface area contributed by atoms with E-state index in [1.165, 1.54) is 6.07 Å². The Morgan fingerprint density at radius 2 is 1.85 bits per heavy atom. The molecule has 1 aromatic carbocycles. The summed E-state index contributed by atoms with van der Waals surface area (Å²) < 4.78 is 78.6. The van der Waals surface area contributed by atoms with Crippen molar-refractivity contribution in [3.8, 4) is 6.07 Å². The third kappa shape index (κ3) is 6.34. The van der Waals surface area contributed by atoms with Crippen LogP contribution >= 0.6 is 0 Å². The lowest BCUT2D eigenvalue weighted by atomic mass is 9.96. The molecule has 0 aliphatic carbocycles. The van der Waals surface area contributed by atoms with Gasteiger partial charge in [-0.25, -0.2) is 0 Å². The van der Waals surface area contributed by atoms with Crippen LogP contribution in [0.4, 0.5) is 32.0 Å². The van der Waals surface area contributed by atoms with Gasteiger partial charge in [0, 0.05) is 5.69 Å². The van der Waals surface area contributed by atoms with E-state index < -0.39 is 47.7 Å². The maximum atomic E-state index is 13.2. The quantitative estimate of drug-likeness (QED) is 0.703. The van der Waals surface area contributed by atoms with E-state index in [0.29, 0.717) is 17.4 Å². The highest BCUT2D eigenvalue weighted by Crippen LogP contribution is 2.36. The van der Waals surface area contributed by atoms with Gasteiger partial charge in [-0.3, -0.25) is 4.79 Å². The summed E-state index contributed by atoms with van der Waals surface area (Å²) in [6.45, 7) is 1.81. The van der Waals surface area contributed by atoms with E-state index in [-0.39, 0.29) is 12.3 Å². The van der Waals surface area contributed by atoms with E-state index in [4.69, 9.17) is 11.0 Å². The first kappa shape index (κ1) is 22.6. The summed E-state index contributed by atoms with van der Waals surface area (Å²) >= 11 is 0. The van der Waals surface area contributed by atoms with E-state index in [9.17, 15) is 31.1 Å². The van der Waals surface area contributed by atoms with Gasteiger partial charge in [-0.05, 0) is 30.5 Å². The van der Waals surface area contributed by atoms with E-state index in [1.807, 2.05) is 0 Å². The Bertz CT molecular complexity index is 708. The molecular weight excluding hydrogens is 376 g/mol. The molecule has 2 N–H and O–H groups in total. The molecule has 1 amide bonds. The Labute approximate surface area is 152 Å². The van der Waals surface area contributed by atoms with Crippen molar-refractivity contribution >= 4 is 11.6 Å². The van der Waals surface area contributed by atoms with Crippen LogP contribution in [0.2, 0.25) is 0 Å². The molecule has 1 rings (SSSR count). The van der Waals surface area contributed by atoms with Crippen molar-refractivity contribution in [3.63, 3.8) is 0 Å². The average molecular weight is 395 g/mol. The SMILES string of the molecule is CCC(C)CC(C(N)=O)N(CC(F)(F)F)c1ccc(C#N)c(C(F)(F)F)c1. The number of nitrogens with zero attached hydrogens (tertiary/aromatic N) is 2. The van der Waals surface area contributed by atoms with Crippen molar-refractivity contribution in [2.75, 3.05) is 11.4 Å². The fourth-order valence-corrected chi connectivity index (χ4v) is 2.56. The van der Waals surface area contributed by atoms with E-state index >= 15 is 0 Å². The number of benzene rings is 1. The van der Waals surface area contributed by atoms with E-state index in [0.717, 1.165) is 12.1 Å². The molecule has 0 aromatic heterocycles. The highest BCUT2D eigenvalue weighted by Gasteiger charge is 2.39. The molecule has 1 aromatic rings. The molecule has 0 radical (unpaired) electrons. The van der Waals surface area contributed by atoms with Crippen molar-refractivity contribution in [2.45, 2.75) is 45.1 Å². The Hall–Kier alpha value is -2.44. The number of nitrogens with two attached hydrogens (primary N) is 1. The number of rotatable bonds is 7. The van der Waals surface area contributed by atoms with Crippen molar-refractivity contribution in [1.82, 2.24) is 0 Å². The predicted octanol–water partition coefficient (Wildman–Crippen LogP) is 4.24. The smallest absolute Gasteiger partial charge is 0.368 e. The molecule has 0 saturated carbocycles. The van der Waals surface area contributed by atoms with Crippen LogP contribution < -0.4 is 10.6 Å². The Morgan fingerprint density at radius 1 is 1.26 bits per heavy atom.